The second kappa shape index (κ2) is 7.20. The van der Waals surface area contributed by atoms with E-state index in [2.05, 4.69) is 11.8 Å². The minimum absolute atomic E-state index is 0.00977. The lowest BCUT2D eigenvalue weighted by Gasteiger charge is -2.40. The average Bonchev–Trinajstić information content (AvgIpc) is 2.49. The average molecular weight is 296 g/mol. The molecule has 0 amide bonds. The first-order valence-electron chi connectivity index (χ1n) is 7.41. The van der Waals surface area contributed by atoms with Gasteiger partial charge >= 0.3 is 0 Å². The van der Waals surface area contributed by atoms with Crippen molar-refractivity contribution in [3.63, 3.8) is 0 Å². The van der Waals surface area contributed by atoms with Crippen LogP contribution in [0.4, 0.5) is 4.39 Å². The maximum Gasteiger partial charge on any atom is 0.165 e. The third kappa shape index (κ3) is 3.54. The van der Waals surface area contributed by atoms with E-state index in [-0.39, 0.29) is 23.7 Å². The van der Waals surface area contributed by atoms with Gasteiger partial charge in [-0.1, -0.05) is 13.0 Å². The first-order valence-corrected chi connectivity index (χ1v) is 7.41. The van der Waals surface area contributed by atoms with Crippen molar-refractivity contribution >= 4 is 0 Å². The Bertz CT molecular complexity index is 470. The number of nitrogens with zero attached hydrogens (tertiary/aromatic N) is 1. The van der Waals surface area contributed by atoms with E-state index in [4.69, 9.17) is 15.2 Å². The van der Waals surface area contributed by atoms with Gasteiger partial charge in [0.1, 0.15) is 0 Å². The summed E-state index contributed by atoms with van der Waals surface area (Å²) in [5.74, 6) is 0.455. The molecule has 1 aliphatic heterocycles. The van der Waals surface area contributed by atoms with Crippen LogP contribution in [-0.2, 0) is 4.74 Å². The Hall–Kier alpha value is -1.17. The lowest BCUT2D eigenvalue weighted by atomic mass is 9.93. The van der Waals surface area contributed by atoms with Gasteiger partial charge in [0.15, 0.2) is 11.6 Å². The van der Waals surface area contributed by atoms with Crippen molar-refractivity contribution < 1.29 is 13.9 Å². The second-order valence-electron chi connectivity index (χ2n) is 5.68. The molecule has 1 aromatic carbocycles. The van der Waals surface area contributed by atoms with Crippen LogP contribution in [-0.4, -0.2) is 44.9 Å². The molecule has 0 aliphatic carbocycles. The molecule has 2 rings (SSSR count). The zero-order valence-corrected chi connectivity index (χ0v) is 13.0. The van der Waals surface area contributed by atoms with Crippen LogP contribution in [0, 0.1) is 11.7 Å². The van der Waals surface area contributed by atoms with Gasteiger partial charge in [0.2, 0.25) is 0 Å². The lowest BCUT2D eigenvalue weighted by molar-refractivity contribution is -0.0183. The zero-order chi connectivity index (χ0) is 15.4. The molecule has 0 saturated carbocycles. The number of likely N-dealkylation sites (tertiary alicyclic amines) is 1. The van der Waals surface area contributed by atoms with Gasteiger partial charge in [-0.05, 0) is 36.6 Å². The molecule has 4 nitrogen and oxygen atoms in total. The Morgan fingerprint density at radius 2 is 2.19 bits per heavy atom. The molecule has 0 spiro atoms. The highest BCUT2D eigenvalue weighted by Crippen LogP contribution is 2.29. The molecular weight excluding hydrogens is 271 g/mol. The Labute approximate surface area is 126 Å². The van der Waals surface area contributed by atoms with Crippen LogP contribution >= 0.6 is 0 Å². The Balaban J connectivity index is 2.17. The molecule has 1 aromatic rings. The van der Waals surface area contributed by atoms with Gasteiger partial charge in [-0.2, -0.15) is 0 Å². The lowest BCUT2D eigenvalue weighted by Crippen LogP contribution is -2.47. The highest BCUT2D eigenvalue weighted by molar-refractivity contribution is 5.31. The number of hydrogen-bond donors (Lipinski definition) is 1. The van der Waals surface area contributed by atoms with E-state index in [1.54, 1.807) is 13.2 Å². The van der Waals surface area contributed by atoms with E-state index < -0.39 is 0 Å². The molecule has 0 aromatic heterocycles. The third-order valence-electron chi connectivity index (χ3n) is 4.45. The third-order valence-corrected chi connectivity index (χ3v) is 4.45. The second-order valence-corrected chi connectivity index (χ2v) is 5.68. The summed E-state index contributed by atoms with van der Waals surface area (Å²) in [5.41, 5.74) is 6.83. The summed E-state index contributed by atoms with van der Waals surface area (Å²) in [4.78, 5) is 2.29. The Morgan fingerprint density at radius 3 is 2.76 bits per heavy atom. The maximum absolute atomic E-state index is 13.9. The van der Waals surface area contributed by atoms with Gasteiger partial charge in [0, 0.05) is 26.2 Å². The molecule has 0 radical (unpaired) electrons. The quantitative estimate of drug-likeness (QED) is 0.905. The van der Waals surface area contributed by atoms with Gasteiger partial charge in [-0.3, -0.25) is 4.90 Å². The minimum Gasteiger partial charge on any atom is -0.494 e. The first kappa shape index (κ1) is 16.2. The molecule has 5 heteroatoms. The van der Waals surface area contributed by atoms with Crippen LogP contribution in [0.3, 0.4) is 0 Å². The summed E-state index contributed by atoms with van der Waals surface area (Å²) in [6.45, 7) is 4.44. The highest BCUT2D eigenvalue weighted by Gasteiger charge is 2.30. The van der Waals surface area contributed by atoms with Gasteiger partial charge in [-0.25, -0.2) is 4.39 Å². The highest BCUT2D eigenvalue weighted by atomic mass is 19.1. The smallest absolute Gasteiger partial charge is 0.165 e. The summed E-state index contributed by atoms with van der Waals surface area (Å²) in [5, 5.41) is 0. The molecule has 21 heavy (non-hydrogen) atoms. The Morgan fingerprint density at radius 1 is 1.43 bits per heavy atom. The SMILES string of the molecule is COc1ccc(C(CN)N2CCC(C)C(OC)C2)cc1F. The molecule has 3 atom stereocenters. The van der Waals surface area contributed by atoms with Crippen LogP contribution in [0.15, 0.2) is 18.2 Å². The first-order chi connectivity index (χ1) is 10.1. The van der Waals surface area contributed by atoms with Gasteiger partial charge in [0.25, 0.3) is 0 Å². The molecule has 0 bridgehead atoms. The van der Waals surface area contributed by atoms with E-state index >= 15 is 0 Å². The monoisotopic (exact) mass is 296 g/mol. The fraction of sp³-hybridized carbons (Fsp3) is 0.625. The van der Waals surface area contributed by atoms with Crippen molar-refractivity contribution in [3.8, 4) is 5.75 Å². The molecule has 1 aliphatic rings. The van der Waals surface area contributed by atoms with E-state index in [0.29, 0.717) is 12.5 Å². The number of methoxy groups -OCH3 is 2. The molecule has 118 valence electrons. The topological polar surface area (TPSA) is 47.7 Å². The number of rotatable bonds is 5. The molecule has 1 fully saturated rings. The largest absolute Gasteiger partial charge is 0.494 e. The summed E-state index contributed by atoms with van der Waals surface area (Å²) in [6, 6.07) is 5.08. The number of halogens is 1. The molecule has 1 heterocycles. The van der Waals surface area contributed by atoms with Gasteiger partial charge < -0.3 is 15.2 Å². The van der Waals surface area contributed by atoms with Crippen LogP contribution in [0.25, 0.3) is 0 Å². The van der Waals surface area contributed by atoms with Crippen molar-refractivity contribution in [3.05, 3.63) is 29.6 Å². The normalized spacial score (nSPS) is 24.8. The molecule has 3 unspecified atom stereocenters. The van der Waals surface area contributed by atoms with Gasteiger partial charge in [-0.15, -0.1) is 0 Å². The number of ether oxygens (including phenoxy) is 2. The number of piperidine rings is 1. The summed E-state index contributed by atoms with van der Waals surface area (Å²) in [7, 11) is 3.21. The summed E-state index contributed by atoms with van der Waals surface area (Å²) < 4.78 is 24.4. The van der Waals surface area contributed by atoms with Crippen LogP contribution in [0.2, 0.25) is 0 Å². The summed E-state index contributed by atoms with van der Waals surface area (Å²) in [6.07, 6.45) is 1.27. The van der Waals surface area contributed by atoms with Crippen LogP contribution in [0.1, 0.15) is 24.9 Å². The van der Waals surface area contributed by atoms with E-state index in [0.717, 1.165) is 25.1 Å². The molecule has 2 N–H and O–H groups in total. The predicted molar refractivity (Wildman–Crippen MR) is 80.9 cm³/mol. The fourth-order valence-corrected chi connectivity index (χ4v) is 3.03. The van der Waals surface area contributed by atoms with E-state index in [9.17, 15) is 4.39 Å². The maximum atomic E-state index is 13.9. The number of nitrogens with two attached hydrogens (primary N) is 1. The Kier molecular flexibility index (Phi) is 5.56. The van der Waals surface area contributed by atoms with E-state index in [1.165, 1.54) is 13.2 Å². The zero-order valence-electron chi connectivity index (χ0n) is 13.0. The number of benzene rings is 1. The summed E-state index contributed by atoms with van der Waals surface area (Å²) >= 11 is 0. The molecule has 1 saturated heterocycles. The van der Waals surface area contributed by atoms with Crippen molar-refractivity contribution in [2.24, 2.45) is 11.7 Å². The van der Waals surface area contributed by atoms with Crippen LogP contribution < -0.4 is 10.5 Å². The predicted octanol–water partition coefficient (Wildman–Crippen LogP) is 2.19. The standard InChI is InChI=1S/C16H25FN2O2/c1-11-6-7-19(10-16(11)21-3)14(9-18)12-4-5-15(20-2)13(17)8-12/h4-5,8,11,14,16H,6-7,9-10,18H2,1-3H3. The number of hydrogen-bond acceptors (Lipinski definition) is 4. The van der Waals surface area contributed by atoms with Crippen molar-refractivity contribution in [2.75, 3.05) is 33.9 Å². The van der Waals surface area contributed by atoms with E-state index in [1.807, 2.05) is 6.07 Å². The molecular formula is C16H25FN2O2. The van der Waals surface area contributed by atoms with Gasteiger partial charge in [0.05, 0.1) is 13.2 Å². The minimum atomic E-state index is -0.345. The van der Waals surface area contributed by atoms with Crippen molar-refractivity contribution in [1.29, 1.82) is 0 Å². The van der Waals surface area contributed by atoms with Crippen molar-refractivity contribution in [1.82, 2.24) is 4.90 Å². The van der Waals surface area contributed by atoms with Crippen LogP contribution in [0.5, 0.6) is 5.75 Å². The fourth-order valence-electron chi connectivity index (χ4n) is 3.03. The van der Waals surface area contributed by atoms with Crippen molar-refractivity contribution in [2.45, 2.75) is 25.5 Å².